The molecule has 0 bridgehead atoms. The van der Waals surface area contributed by atoms with Crippen LogP contribution in [0.4, 0.5) is 23.7 Å². The van der Waals surface area contributed by atoms with Gasteiger partial charge in [-0.1, -0.05) is 23.7 Å². The number of urea groups is 1. The van der Waals surface area contributed by atoms with Crippen LogP contribution in [0.3, 0.4) is 0 Å². The minimum absolute atomic E-state index is 0.161. The summed E-state index contributed by atoms with van der Waals surface area (Å²) in [5, 5.41) is 8.46. The molecule has 2 aliphatic rings. The van der Waals surface area contributed by atoms with Crippen LogP contribution in [0.2, 0.25) is 5.02 Å². The summed E-state index contributed by atoms with van der Waals surface area (Å²) in [6, 6.07) is 8.52. The van der Waals surface area contributed by atoms with Crippen LogP contribution in [0.1, 0.15) is 17.5 Å². The summed E-state index contributed by atoms with van der Waals surface area (Å²) in [6.45, 7) is 0.161. The number of hydrogen-bond donors (Lipinski definition) is 3. The second-order valence-electron chi connectivity index (χ2n) is 8.00. The van der Waals surface area contributed by atoms with Crippen molar-refractivity contribution >= 4 is 35.1 Å². The van der Waals surface area contributed by atoms with E-state index in [-0.39, 0.29) is 30.5 Å². The number of benzene rings is 2. The van der Waals surface area contributed by atoms with Crippen molar-refractivity contribution in [3.05, 3.63) is 64.7 Å². The maximum absolute atomic E-state index is 12.9. The molecule has 2 aromatic rings. The SMILES string of the molecule is O=C(Nc1ccc(C(F)(F)F)cc1)N[C@H]1C[C@H]2C(=O)N[C@@H](Cc3ccc(Cl)cc3)C(=O)N2C1. The summed E-state index contributed by atoms with van der Waals surface area (Å²) in [7, 11) is 0. The van der Waals surface area contributed by atoms with E-state index in [2.05, 4.69) is 16.0 Å². The van der Waals surface area contributed by atoms with Gasteiger partial charge in [0.1, 0.15) is 12.1 Å². The Bertz CT molecular complexity index is 1060. The van der Waals surface area contributed by atoms with E-state index >= 15 is 0 Å². The number of hydrogen-bond acceptors (Lipinski definition) is 3. The molecule has 4 amide bonds. The summed E-state index contributed by atoms with van der Waals surface area (Å²) >= 11 is 5.88. The number of piperazine rings is 1. The first kappa shape index (κ1) is 22.9. The number of nitrogens with zero attached hydrogens (tertiary/aromatic N) is 1. The summed E-state index contributed by atoms with van der Waals surface area (Å²) < 4.78 is 38.0. The van der Waals surface area contributed by atoms with Crippen molar-refractivity contribution in [3.63, 3.8) is 0 Å². The maximum Gasteiger partial charge on any atom is 0.416 e. The predicted octanol–water partition coefficient (Wildman–Crippen LogP) is 3.19. The molecule has 0 unspecified atom stereocenters. The smallest absolute Gasteiger partial charge is 0.342 e. The Labute approximate surface area is 192 Å². The van der Waals surface area contributed by atoms with Crippen LogP contribution < -0.4 is 16.0 Å². The number of carbonyl (C=O) groups excluding carboxylic acids is 3. The Morgan fingerprint density at radius 1 is 1.09 bits per heavy atom. The van der Waals surface area contributed by atoms with E-state index in [1.807, 2.05) is 0 Å². The second-order valence-corrected chi connectivity index (χ2v) is 8.44. The monoisotopic (exact) mass is 480 g/mol. The third-order valence-corrected chi connectivity index (χ3v) is 5.91. The molecule has 2 fully saturated rings. The van der Waals surface area contributed by atoms with E-state index in [0.29, 0.717) is 11.4 Å². The topological polar surface area (TPSA) is 90.5 Å². The van der Waals surface area contributed by atoms with Gasteiger partial charge < -0.3 is 20.9 Å². The highest BCUT2D eigenvalue weighted by Crippen LogP contribution is 2.30. The standard InChI is InChI=1S/C22H20ClF3N4O3/c23-14-5-1-12(2-6-14)9-17-20(32)30-11-16(10-18(30)19(31)29-17)28-21(33)27-15-7-3-13(4-8-15)22(24,25)26/h1-8,16-18H,9-11H2,(H,29,31)(H2,27,28,33)/t16-,17-,18-/m0/s1. The molecular formula is C22H20ClF3N4O3. The second kappa shape index (κ2) is 8.93. The zero-order chi connectivity index (χ0) is 23.8. The van der Waals surface area contributed by atoms with Gasteiger partial charge in [-0.2, -0.15) is 13.2 Å². The van der Waals surface area contributed by atoms with Crippen LogP contribution in [0.5, 0.6) is 0 Å². The van der Waals surface area contributed by atoms with Gasteiger partial charge in [-0.25, -0.2) is 4.79 Å². The highest BCUT2D eigenvalue weighted by atomic mass is 35.5. The van der Waals surface area contributed by atoms with Crippen molar-refractivity contribution in [2.45, 2.75) is 37.1 Å². The quantitative estimate of drug-likeness (QED) is 0.628. The molecule has 7 nitrogen and oxygen atoms in total. The van der Waals surface area contributed by atoms with Gasteiger partial charge in [0.25, 0.3) is 0 Å². The average molecular weight is 481 g/mol. The predicted molar refractivity (Wildman–Crippen MR) is 115 cm³/mol. The molecule has 0 aliphatic carbocycles. The molecule has 2 aromatic carbocycles. The molecule has 2 heterocycles. The highest BCUT2D eigenvalue weighted by Gasteiger charge is 2.46. The first-order valence-electron chi connectivity index (χ1n) is 10.2. The number of halogens is 4. The van der Waals surface area contributed by atoms with Crippen molar-refractivity contribution in [2.75, 3.05) is 11.9 Å². The lowest BCUT2D eigenvalue weighted by Gasteiger charge is -2.34. The molecule has 0 aromatic heterocycles. The zero-order valence-electron chi connectivity index (χ0n) is 17.2. The van der Waals surface area contributed by atoms with E-state index in [0.717, 1.165) is 29.8 Å². The Kier molecular flexibility index (Phi) is 6.20. The van der Waals surface area contributed by atoms with Crippen LogP contribution in [0, 0.1) is 0 Å². The van der Waals surface area contributed by atoms with Crippen molar-refractivity contribution in [1.29, 1.82) is 0 Å². The molecule has 11 heteroatoms. The molecule has 174 valence electrons. The van der Waals surface area contributed by atoms with Crippen molar-refractivity contribution in [3.8, 4) is 0 Å². The molecule has 0 saturated carbocycles. The van der Waals surface area contributed by atoms with Gasteiger partial charge in [0.2, 0.25) is 11.8 Å². The van der Waals surface area contributed by atoms with Gasteiger partial charge >= 0.3 is 12.2 Å². The number of rotatable bonds is 4. The van der Waals surface area contributed by atoms with Crippen LogP contribution in [0.15, 0.2) is 48.5 Å². The minimum atomic E-state index is -4.46. The van der Waals surface area contributed by atoms with Gasteiger partial charge in [0.15, 0.2) is 0 Å². The molecule has 2 aliphatic heterocycles. The highest BCUT2D eigenvalue weighted by molar-refractivity contribution is 6.30. The van der Waals surface area contributed by atoms with Crippen LogP contribution in [-0.4, -0.2) is 47.4 Å². The molecule has 2 saturated heterocycles. The van der Waals surface area contributed by atoms with Crippen molar-refractivity contribution in [2.24, 2.45) is 0 Å². The van der Waals surface area contributed by atoms with E-state index in [4.69, 9.17) is 11.6 Å². The Balaban J connectivity index is 1.34. The number of nitrogens with one attached hydrogen (secondary N) is 3. The fraction of sp³-hybridized carbons (Fsp3) is 0.318. The molecule has 4 rings (SSSR count). The van der Waals surface area contributed by atoms with Gasteiger partial charge in [-0.05, 0) is 48.4 Å². The molecular weight excluding hydrogens is 461 g/mol. The Morgan fingerprint density at radius 3 is 2.39 bits per heavy atom. The third kappa shape index (κ3) is 5.22. The first-order valence-corrected chi connectivity index (χ1v) is 10.6. The summed E-state index contributed by atoms with van der Waals surface area (Å²) in [5.41, 5.74) is 0.216. The van der Waals surface area contributed by atoms with Crippen LogP contribution >= 0.6 is 11.6 Å². The molecule has 33 heavy (non-hydrogen) atoms. The van der Waals surface area contributed by atoms with Crippen molar-refractivity contribution < 1.29 is 27.6 Å². The number of alkyl halides is 3. The number of anilines is 1. The Hall–Kier alpha value is -3.27. The first-order chi connectivity index (χ1) is 15.6. The zero-order valence-corrected chi connectivity index (χ0v) is 17.9. The van der Waals surface area contributed by atoms with Crippen molar-refractivity contribution in [1.82, 2.24) is 15.5 Å². The largest absolute Gasteiger partial charge is 0.416 e. The average Bonchev–Trinajstić information content (AvgIpc) is 3.17. The van der Waals surface area contributed by atoms with Crippen LogP contribution in [0.25, 0.3) is 0 Å². The molecule has 0 radical (unpaired) electrons. The van der Waals surface area contributed by atoms with E-state index < -0.39 is 35.9 Å². The number of carbonyl (C=O) groups is 3. The number of amides is 4. The normalized spacial score (nSPS) is 22.5. The summed E-state index contributed by atoms with van der Waals surface area (Å²) in [6.07, 6.45) is -3.91. The van der Waals surface area contributed by atoms with Gasteiger partial charge in [0.05, 0.1) is 11.6 Å². The molecule has 0 spiro atoms. The molecule has 3 atom stereocenters. The fourth-order valence-electron chi connectivity index (χ4n) is 4.05. The van der Waals surface area contributed by atoms with Gasteiger partial charge in [0, 0.05) is 23.7 Å². The minimum Gasteiger partial charge on any atom is -0.342 e. The number of fused-ring (bicyclic) bond motifs is 1. The summed E-state index contributed by atoms with van der Waals surface area (Å²) in [5.74, 6) is -0.525. The third-order valence-electron chi connectivity index (χ3n) is 5.66. The molecule has 3 N–H and O–H groups in total. The lowest BCUT2D eigenvalue weighted by atomic mass is 10.0. The van der Waals surface area contributed by atoms with Crippen LogP contribution in [-0.2, 0) is 22.2 Å². The fourth-order valence-corrected chi connectivity index (χ4v) is 4.18. The Morgan fingerprint density at radius 2 is 1.76 bits per heavy atom. The van der Waals surface area contributed by atoms with E-state index in [9.17, 15) is 27.6 Å². The van der Waals surface area contributed by atoms with E-state index in [1.54, 1.807) is 24.3 Å². The maximum atomic E-state index is 12.9. The lowest BCUT2D eigenvalue weighted by Crippen LogP contribution is -2.61. The van der Waals surface area contributed by atoms with E-state index in [1.165, 1.54) is 4.90 Å². The van der Waals surface area contributed by atoms with Gasteiger partial charge in [-0.3, -0.25) is 9.59 Å². The lowest BCUT2D eigenvalue weighted by molar-refractivity contribution is -0.147. The summed E-state index contributed by atoms with van der Waals surface area (Å²) in [4.78, 5) is 39.2. The van der Waals surface area contributed by atoms with Gasteiger partial charge in [-0.15, -0.1) is 0 Å².